The van der Waals surface area contributed by atoms with E-state index >= 15 is 0 Å². The summed E-state index contributed by atoms with van der Waals surface area (Å²) in [6.07, 6.45) is 0. The number of hydrogen-bond donors (Lipinski definition) is 3. The first kappa shape index (κ1) is 26.9. The number of rotatable bonds is 10. The molecule has 0 aliphatic rings. The zero-order valence-electron chi connectivity index (χ0n) is 20.9. The fraction of sp³-hybridized carbons (Fsp3) is 0.208. The van der Waals surface area contributed by atoms with Gasteiger partial charge in [0.25, 0.3) is 10.0 Å². The molecule has 4 N–H and O–H groups in total. The fourth-order valence-electron chi connectivity index (χ4n) is 3.47. The number of hydrogen-bond acceptors (Lipinski definition) is 10. The number of benzene rings is 2. The van der Waals surface area contributed by atoms with Gasteiger partial charge >= 0.3 is 0 Å². The van der Waals surface area contributed by atoms with Crippen molar-refractivity contribution < 1.29 is 17.9 Å². The van der Waals surface area contributed by atoms with Gasteiger partial charge in [0.2, 0.25) is 11.1 Å². The van der Waals surface area contributed by atoms with E-state index in [0.717, 1.165) is 17.3 Å². The fourth-order valence-corrected chi connectivity index (χ4v) is 5.12. The molecule has 14 heteroatoms. The van der Waals surface area contributed by atoms with Crippen molar-refractivity contribution in [2.45, 2.75) is 30.8 Å². The van der Waals surface area contributed by atoms with Crippen LogP contribution in [0.3, 0.4) is 0 Å². The molecule has 0 aliphatic carbocycles. The van der Waals surface area contributed by atoms with E-state index in [1.54, 1.807) is 19.9 Å². The second-order valence-corrected chi connectivity index (χ2v) is 10.7. The van der Waals surface area contributed by atoms with Gasteiger partial charge in [-0.1, -0.05) is 23.9 Å². The van der Waals surface area contributed by atoms with Crippen molar-refractivity contribution in [1.29, 1.82) is 0 Å². The predicted octanol–water partition coefficient (Wildman–Crippen LogP) is 3.00. The molecule has 1 amide bonds. The lowest BCUT2D eigenvalue weighted by atomic mass is 10.2. The molecule has 4 aromatic rings. The summed E-state index contributed by atoms with van der Waals surface area (Å²) in [6.45, 7) is 5.86. The van der Waals surface area contributed by atoms with Gasteiger partial charge in [0, 0.05) is 23.0 Å². The molecule has 0 atom stereocenters. The molecule has 2 aromatic carbocycles. The van der Waals surface area contributed by atoms with Crippen molar-refractivity contribution in [3.8, 4) is 17.1 Å². The third kappa shape index (κ3) is 6.58. The molecule has 0 bridgehead atoms. The first-order chi connectivity index (χ1) is 18.1. The average molecular weight is 555 g/mol. The molecule has 0 unspecified atom stereocenters. The summed E-state index contributed by atoms with van der Waals surface area (Å²) < 4.78 is 34.7. The number of nitrogens with one attached hydrogen (secondary N) is 2. The summed E-state index contributed by atoms with van der Waals surface area (Å²) in [5.74, 6) is 7.62. The predicted molar refractivity (Wildman–Crippen MR) is 145 cm³/mol. The summed E-state index contributed by atoms with van der Waals surface area (Å²) in [5, 5.41) is 11.3. The topological polar surface area (TPSA) is 167 Å². The Morgan fingerprint density at radius 2 is 1.84 bits per heavy atom. The first-order valence-corrected chi connectivity index (χ1v) is 13.9. The maximum Gasteiger partial charge on any atom is 0.263 e. The molecular formula is C24H26N8O4S2. The third-order valence-corrected chi connectivity index (χ3v) is 7.37. The second-order valence-electron chi connectivity index (χ2n) is 8.05. The van der Waals surface area contributed by atoms with Gasteiger partial charge in [0.15, 0.2) is 5.82 Å². The van der Waals surface area contributed by atoms with Crippen LogP contribution in [-0.2, 0) is 14.8 Å². The number of carbonyl (C=O) groups is 1. The Bertz CT molecular complexity index is 1540. The number of sulfonamides is 1. The Labute approximate surface area is 224 Å². The quantitative estimate of drug-likeness (QED) is 0.196. The van der Waals surface area contributed by atoms with Crippen molar-refractivity contribution in [1.82, 2.24) is 24.8 Å². The molecule has 38 heavy (non-hydrogen) atoms. The van der Waals surface area contributed by atoms with Crippen LogP contribution in [0.25, 0.3) is 11.4 Å². The minimum Gasteiger partial charge on any atom is -0.494 e. The largest absolute Gasteiger partial charge is 0.494 e. The summed E-state index contributed by atoms with van der Waals surface area (Å²) in [6, 6.07) is 14.7. The maximum absolute atomic E-state index is 12.7. The van der Waals surface area contributed by atoms with Crippen molar-refractivity contribution in [2.75, 3.05) is 28.2 Å². The Hall–Kier alpha value is -4.17. The van der Waals surface area contributed by atoms with E-state index in [2.05, 4.69) is 30.2 Å². The smallest absolute Gasteiger partial charge is 0.263 e. The number of amides is 1. The molecule has 4 rings (SSSR count). The van der Waals surface area contributed by atoms with Crippen molar-refractivity contribution in [3.05, 3.63) is 66.1 Å². The SMILES string of the molecule is CCOc1cccc(-c2nnc(SCC(=O)Nc3ccc(S(=O)(=O)Nc4cc(C)nc(C)n4)cc3)n2N)c1. The Kier molecular flexibility index (Phi) is 8.12. The number of nitrogens with two attached hydrogens (primary N) is 1. The zero-order valence-corrected chi connectivity index (χ0v) is 22.5. The van der Waals surface area contributed by atoms with Crippen LogP contribution in [0.5, 0.6) is 5.75 Å². The summed E-state index contributed by atoms with van der Waals surface area (Å²) in [7, 11) is -3.87. The number of nitrogen functional groups attached to an aromatic ring is 1. The zero-order chi connectivity index (χ0) is 27.3. The van der Waals surface area contributed by atoms with Crippen molar-refractivity contribution in [2.24, 2.45) is 0 Å². The standard InChI is InChI=1S/C24H26N8O4S2/c1-4-36-19-7-5-6-17(13-19)23-29-30-24(32(23)25)37-14-22(33)28-18-8-10-20(11-9-18)38(34,35)31-21-12-15(2)26-16(3)27-21/h5-13H,4,14,25H2,1-3H3,(H,28,33)(H,26,27,31). The van der Waals surface area contributed by atoms with Gasteiger partial charge in [-0.15, -0.1) is 10.2 Å². The van der Waals surface area contributed by atoms with Crippen molar-refractivity contribution >= 4 is 39.2 Å². The maximum atomic E-state index is 12.7. The molecule has 0 fully saturated rings. The minimum atomic E-state index is -3.87. The average Bonchev–Trinajstić information content (AvgIpc) is 3.22. The van der Waals surface area contributed by atoms with E-state index in [4.69, 9.17) is 10.6 Å². The highest BCUT2D eigenvalue weighted by atomic mass is 32.2. The molecule has 0 spiro atoms. The highest BCUT2D eigenvalue weighted by Crippen LogP contribution is 2.25. The second kappa shape index (κ2) is 11.5. The van der Waals surface area contributed by atoms with Gasteiger partial charge < -0.3 is 15.9 Å². The number of carbonyl (C=O) groups excluding carboxylic acids is 1. The Morgan fingerprint density at radius 3 is 2.55 bits per heavy atom. The van der Waals surface area contributed by atoms with Crippen LogP contribution >= 0.6 is 11.8 Å². The van der Waals surface area contributed by atoms with Crippen LogP contribution in [0.4, 0.5) is 11.5 Å². The van der Waals surface area contributed by atoms with Gasteiger partial charge in [0.05, 0.1) is 17.3 Å². The van der Waals surface area contributed by atoms with E-state index in [-0.39, 0.29) is 22.4 Å². The number of thioether (sulfide) groups is 1. The van der Waals surface area contributed by atoms with E-state index < -0.39 is 10.0 Å². The third-order valence-electron chi connectivity index (χ3n) is 5.05. The first-order valence-electron chi connectivity index (χ1n) is 11.5. The van der Waals surface area contributed by atoms with Crippen molar-refractivity contribution in [3.63, 3.8) is 0 Å². The van der Waals surface area contributed by atoms with Crippen LogP contribution in [0, 0.1) is 13.8 Å². The van der Waals surface area contributed by atoms with Crippen LogP contribution in [0.1, 0.15) is 18.4 Å². The van der Waals surface area contributed by atoms with E-state index in [9.17, 15) is 13.2 Å². The van der Waals surface area contributed by atoms with Crippen LogP contribution in [0.2, 0.25) is 0 Å². The minimum absolute atomic E-state index is 0.0162. The van der Waals surface area contributed by atoms with Gasteiger partial charge in [-0.2, -0.15) is 0 Å². The monoisotopic (exact) mass is 554 g/mol. The Balaban J connectivity index is 1.35. The number of nitrogens with zero attached hydrogens (tertiary/aromatic N) is 5. The lowest BCUT2D eigenvalue weighted by Gasteiger charge is -2.10. The van der Waals surface area contributed by atoms with Crippen LogP contribution in [-0.4, -0.2) is 51.5 Å². The molecule has 0 radical (unpaired) electrons. The van der Waals surface area contributed by atoms with Crippen LogP contribution in [0.15, 0.2) is 64.6 Å². The molecule has 0 saturated heterocycles. The lowest BCUT2D eigenvalue weighted by molar-refractivity contribution is -0.113. The number of ether oxygens (including phenoxy) is 1. The summed E-state index contributed by atoms with van der Waals surface area (Å²) in [5.41, 5.74) is 1.81. The van der Waals surface area contributed by atoms with Gasteiger partial charge in [0.1, 0.15) is 17.4 Å². The molecular weight excluding hydrogens is 528 g/mol. The molecule has 0 saturated carbocycles. The highest BCUT2D eigenvalue weighted by molar-refractivity contribution is 7.99. The van der Waals surface area contributed by atoms with E-state index in [0.29, 0.717) is 40.5 Å². The summed E-state index contributed by atoms with van der Waals surface area (Å²) in [4.78, 5) is 20.7. The molecule has 198 valence electrons. The number of aromatic nitrogens is 5. The Morgan fingerprint density at radius 1 is 1.08 bits per heavy atom. The number of anilines is 2. The normalized spacial score (nSPS) is 11.2. The molecule has 12 nitrogen and oxygen atoms in total. The van der Waals surface area contributed by atoms with Crippen LogP contribution < -0.4 is 20.6 Å². The summed E-state index contributed by atoms with van der Waals surface area (Å²) >= 11 is 1.12. The van der Waals surface area contributed by atoms with E-state index in [1.807, 2.05) is 31.2 Å². The molecule has 0 aliphatic heterocycles. The van der Waals surface area contributed by atoms with E-state index in [1.165, 1.54) is 28.9 Å². The van der Waals surface area contributed by atoms with Gasteiger partial charge in [-0.05, 0) is 57.2 Å². The molecule has 2 aromatic heterocycles. The van der Waals surface area contributed by atoms with Gasteiger partial charge in [-0.25, -0.2) is 23.1 Å². The number of aryl methyl sites for hydroxylation is 2. The highest BCUT2D eigenvalue weighted by Gasteiger charge is 2.17. The molecule has 2 heterocycles. The van der Waals surface area contributed by atoms with Gasteiger partial charge in [-0.3, -0.25) is 9.52 Å². The lowest BCUT2D eigenvalue weighted by Crippen LogP contribution is -2.17.